The van der Waals surface area contributed by atoms with Crippen molar-refractivity contribution in [1.82, 2.24) is 0 Å². The van der Waals surface area contributed by atoms with Crippen LogP contribution in [0, 0.1) is 5.92 Å². The van der Waals surface area contributed by atoms with Gasteiger partial charge in [-0.2, -0.15) is 0 Å². The third-order valence-corrected chi connectivity index (χ3v) is 1.68. The van der Waals surface area contributed by atoms with Gasteiger partial charge in [-0.1, -0.05) is 13.0 Å². The molecular weight excluding hydrogens is 164 g/mol. The zero-order chi connectivity index (χ0) is 10.5. The zero-order valence-electron chi connectivity index (χ0n) is 9.09. The highest BCUT2D eigenvalue weighted by Crippen LogP contribution is 2.16. The Bertz CT molecular complexity index is 177. The average Bonchev–Trinajstić information content (AvgIpc) is 1.96. The summed E-state index contributed by atoms with van der Waals surface area (Å²) < 4.78 is 5.26. The first kappa shape index (κ1) is 12.2. The molecule has 0 bridgehead atoms. The topological polar surface area (TPSA) is 26.3 Å². The maximum atomic E-state index is 11.5. The molecule has 0 aliphatic rings. The Balaban J connectivity index is 4.13. The van der Waals surface area contributed by atoms with Crippen molar-refractivity contribution in [3.05, 3.63) is 12.7 Å². The van der Waals surface area contributed by atoms with E-state index in [0.717, 1.165) is 6.42 Å². The maximum absolute atomic E-state index is 11.5. The van der Waals surface area contributed by atoms with Crippen molar-refractivity contribution in [2.75, 3.05) is 0 Å². The Labute approximate surface area is 81.0 Å². The van der Waals surface area contributed by atoms with Crippen LogP contribution in [0.5, 0.6) is 0 Å². The molecule has 0 aliphatic heterocycles. The minimum Gasteiger partial charge on any atom is -0.460 e. The molecular formula is C11H20O2. The quantitative estimate of drug-likeness (QED) is 0.496. The van der Waals surface area contributed by atoms with Crippen molar-refractivity contribution in [1.29, 1.82) is 0 Å². The molecule has 1 unspecified atom stereocenters. The van der Waals surface area contributed by atoms with Gasteiger partial charge < -0.3 is 4.74 Å². The second-order valence-corrected chi connectivity index (χ2v) is 4.16. The van der Waals surface area contributed by atoms with Crippen LogP contribution in [0.3, 0.4) is 0 Å². The number of esters is 1. The standard InChI is InChI=1S/C11H20O2/c1-6-8-9(7-2)10(12)13-11(3,4)5/h6,9H,1,7-8H2,2-5H3. The van der Waals surface area contributed by atoms with Gasteiger partial charge >= 0.3 is 5.97 Å². The van der Waals surface area contributed by atoms with E-state index in [9.17, 15) is 4.79 Å². The van der Waals surface area contributed by atoms with E-state index in [1.54, 1.807) is 6.08 Å². The van der Waals surface area contributed by atoms with E-state index in [1.165, 1.54) is 0 Å². The highest BCUT2D eigenvalue weighted by molar-refractivity contribution is 5.73. The van der Waals surface area contributed by atoms with Crippen LogP contribution in [0.15, 0.2) is 12.7 Å². The molecule has 1 atom stereocenters. The highest BCUT2D eigenvalue weighted by atomic mass is 16.6. The molecule has 0 aromatic rings. The van der Waals surface area contributed by atoms with E-state index < -0.39 is 0 Å². The molecule has 0 saturated heterocycles. The smallest absolute Gasteiger partial charge is 0.309 e. The number of hydrogen-bond acceptors (Lipinski definition) is 2. The predicted octanol–water partition coefficient (Wildman–Crippen LogP) is 2.93. The summed E-state index contributed by atoms with van der Waals surface area (Å²) in [5.41, 5.74) is -0.383. The molecule has 0 fully saturated rings. The van der Waals surface area contributed by atoms with E-state index in [1.807, 2.05) is 27.7 Å². The fourth-order valence-corrected chi connectivity index (χ4v) is 1.02. The first-order chi connectivity index (χ1) is 5.90. The lowest BCUT2D eigenvalue weighted by molar-refractivity contribution is -0.159. The molecule has 0 heterocycles. The normalized spacial score (nSPS) is 13.5. The fraction of sp³-hybridized carbons (Fsp3) is 0.727. The SMILES string of the molecule is C=CCC(CC)C(=O)OC(C)(C)C. The fourth-order valence-electron chi connectivity index (χ4n) is 1.02. The minimum absolute atomic E-state index is 0.0308. The molecule has 0 amide bonds. The monoisotopic (exact) mass is 184 g/mol. The lowest BCUT2D eigenvalue weighted by Crippen LogP contribution is -2.28. The summed E-state index contributed by atoms with van der Waals surface area (Å²) in [5, 5.41) is 0. The Kier molecular flexibility index (Phi) is 4.74. The van der Waals surface area contributed by atoms with E-state index in [-0.39, 0.29) is 17.5 Å². The number of carbonyl (C=O) groups is 1. The van der Waals surface area contributed by atoms with Gasteiger partial charge in [0, 0.05) is 0 Å². The van der Waals surface area contributed by atoms with Crippen LogP contribution in [0.4, 0.5) is 0 Å². The Morgan fingerprint density at radius 3 is 2.38 bits per heavy atom. The van der Waals surface area contributed by atoms with Crippen molar-refractivity contribution in [2.45, 2.75) is 46.1 Å². The van der Waals surface area contributed by atoms with Crippen LogP contribution < -0.4 is 0 Å². The number of carbonyl (C=O) groups excluding carboxylic acids is 1. The van der Waals surface area contributed by atoms with Gasteiger partial charge in [0.1, 0.15) is 5.60 Å². The van der Waals surface area contributed by atoms with Crippen molar-refractivity contribution < 1.29 is 9.53 Å². The number of rotatable bonds is 4. The summed E-state index contributed by atoms with van der Waals surface area (Å²) in [6.45, 7) is 11.2. The van der Waals surface area contributed by atoms with Crippen LogP contribution in [-0.2, 0) is 9.53 Å². The lowest BCUT2D eigenvalue weighted by atomic mass is 10.0. The van der Waals surface area contributed by atoms with Crippen molar-refractivity contribution in [3.8, 4) is 0 Å². The van der Waals surface area contributed by atoms with E-state index in [0.29, 0.717) is 6.42 Å². The number of allylic oxidation sites excluding steroid dienone is 1. The highest BCUT2D eigenvalue weighted by Gasteiger charge is 2.22. The third-order valence-electron chi connectivity index (χ3n) is 1.68. The number of hydrogen-bond donors (Lipinski definition) is 0. The summed E-state index contributed by atoms with van der Waals surface area (Å²) in [4.78, 5) is 11.5. The van der Waals surface area contributed by atoms with Gasteiger partial charge in [-0.05, 0) is 33.6 Å². The van der Waals surface area contributed by atoms with Crippen molar-refractivity contribution >= 4 is 5.97 Å². The van der Waals surface area contributed by atoms with Gasteiger partial charge in [0.05, 0.1) is 5.92 Å². The molecule has 2 nitrogen and oxygen atoms in total. The lowest BCUT2D eigenvalue weighted by Gasteiger charge is -2.22. The van der Waals surface area contributed by atoms with Crippen LogP contribution in [-0.4, -0.2) is 11.6 Å². The van der Waals surface area contributed by atoms with E-state index >= 15 is 0 Å². The van der Waals surface area contributed by atoms with Gasteiger partial charge in [-0.3, -0.25) is 4.79 Å². The van der Waals surface area contributed by atoms with Crippen LogP contribution in [0.25, 0.3) is 0 Å². The Hall–Kier alpha value is -0.790. The van der Waals surface area contributed by atoms with Crippen LogP contribution in [0.2, 0.25) is 0 Å². The van der Waals surface area contributed by atoms with Gasteiger partial charge in [-0.15, -0.1) is 6.58 Å². The van der Waals surface area contributed by atoms with Gasteiger partial charge in [0.25, 0.3) is 0 Å². The second-order valence-electron chi connectivity index (χ2n) is 4.16. The first-order valence-corrected chi connectivity index (χ1v) is 4.74. The summed E-state index contributed by atoms with van der Waals surface area (Å²) in [7, 11) is 0. The van der Waals surface area contributed by atoms with Gasteiger partial charge in [0.15, 0.2) is 0 Å². The van der Waals surface area contributed by atoms with Gasteiger partial charge in [0.2, 0.25) is 0 Å². The summed E-state index contributed by atoms with van der Waals surface area (Å²) in [5.74, 6) is -0.147. The van der Waals surface area contributed by atoms with Crippen molar-refractivity contribution in [2.24, 2.45) is 5.92 Å². The van der Waals surface area contributed by atoms with Crippen LogP contribution in [0.1, 0.15) is 40.5 Å². The third kappa shape index (κ3) is 5.45. The predicted molar refractivity (Wildman–Crippen MR) is 54.4 cm³/mol. The van der Waals surface area contributed by atoms with Crippen LogP contribution >= 0.6 is 0 Å². The molecule has 76 valence electrons. The molecule has 0 N–H and O–H groups in total. The molecule has 0 radical (unpaired) electrons. The largest absolute Gasteiger partial charge is 0.460 e. The first-order valence-electron chi connectivity index (χ1n) is 4.74. The summed E-state index contributed by atoms with van der Waals surface area (Å²) in [6.07, 6.45) is 3.27. The Morgan fingerprint density at radius 1 is 1.54 bits per heavy atom. The Morgan fingerprint density at radius 2 is 2.08 bits per heavy atom. The zero-order valence-corrected chi connectivity index (χ0v) is 9.09. The summed E-state index contributed by atoms with van der Waals surface area (Å²) in [6, 6.07) is 0. The average molecular weight is 184 g/mol. The van der Waals surface area contributed by atoms with Crippen molar-refractivity contribution in [3.63, 3.8) is 0 Å². The summed E-state index contributed by atoms with van der Waals surface area (Å²) >= 11 is 0. The molecule has 13 heavy (non-hydrogen) atoms. The molecule has 2 heteroatoms. The molecule has 0 spiro atoms. The molecule has 0 aliphatic carbocycles. The molecule has 0 aromatic heterocycles. The molecule has 0 saturated carbocycles. The second kappa shape index (κ2) is 5.05. The van der Waals surface area contributed by atoms with E-state index in [2.05, 4.69) is 6.58 Å². The van der Waals surface area contributed by atoms with Gasteiger partial charge in [-0.25, -0.2) is 0 Å². The molecule has 0 rings (SSSR count). The maximum Gasteiger partial charge on any atom is 0.309 e. The minimum atomic E-state index is -0.383. The number of ether oxygens (including phenoxy) is 1. The molecule has 0 aromatic carbocycles. The van der Waals surface area contributed by atoms with E-state index in [4.69, 9.17) is 4.74 Å².